The van der Waals surface area contributed by atoms with Crippen molar-refractivity contribution in [2.24, 2.45) is 5.92 Å². The van der Waals surface area contributed by atoms with E-state index in [9.17, 15) is 17.6 Å². The van der Waals surface area contributed by atoms with Gasteiger partial charge in [0, 0.05) is 0 Å². The molecule has 0 aliphatic heterocycles. The fraction of sp³-hybridized carbons (Fsp3) is 0.538. The zero-order chi connectivity index (χ0) is 22.3. The number of halogens is 4. The van der Waals surface area contributed by atoms with Crippen LogP contribution in [0.1, 0.15) is 80.9 Å². The Bertz CT molecular complexity index is 811. The lowest BCUT2D eigenvalue weighted by atomic mass is 9.77. The van der Waals surface area contributed by atoms with Crippen molar-refractivity contribution in [2.45, 2.75) is 76.7 Å². The highest BCUT2D eigenvalue weighted by atomic mass is 19.3. The summed E-state index contributed by atoms with van der Waals surface area (Å²) in [5.74, 6) is -0.691. The van der Waals surface area contributed by atoms with E-state index in [0.29, 0.717) is 11.5 Å². The van der Waals surface area contributed by atoms with E-state index in [0.717, 1.165) is 36.5 Å². The molecular formula is C26H32F4O. The summed E-state index contributed by atoms with van der Waals surface area (Å²) < 4.78 is 59.8. The van der Waals surface area contributed by atoms with E-state index >= 15 is 0 Å². The molecule has 5 heteroatoms. The quantitative estimate of drug-likeness (QED) is 0.270. The van der Waals surface area contributed by atoms with Crippen LogP contribution < -0.4 is 0 Å². The molecule has 0 unspecified atom stereocenters. The molecule has 1 aliphatic rings. The van der Waals surface area contributed by atoms with E-state index < -0.39 is 17.7 Å². The third kappa shape index (κ3) is 6.80. The van der Waals surface area contributed by atoms with Crippen molar-refractivity contribution < 1.29 is 22.3 Å². The molecule has 0 amide bonds. The number of rotatable bonds is 10. The molecule has 3 rings (SSSR count). The van der Waals surface area contributed by atoms with E-state index in [1.54, 1.807) is 12.1 Å². The van der Waals surface area contributed by atoms with Gasteiger partial charge in [0.25, 0.3) is 0 Å². The Labute approximate surface area is 182 Å². The molecule has 170 valence electrons. The SMILES string of the molecule is CCCCC[C@H]1CC[C@H](c2ccc(C(F)(F)OCCc3ccc(F)c(F)c3)cc2)CC1. The fourth-order valence-corrected chi connectivity index (χ4v) is 4.49. The molecule has 0 bridgehead atoms. The van der Waals surface area contributed by atoms with E-state index in [4.69, 9.17) is 4.74 Å². The maximum Gasteiger partial charge on any atom is 0.383 e. The van der Waals surface area contributed by atoms with Gasteiger partial charge in [0.15, 0.2) is 11.6 Å². The van der Waals surface area contributed by atoms with E-state index in [1.807, 2.05) is 0 Å². The van der Waals surface area contributed by atoms with Crippen LogP contribution >= 0.6 is 0 Å². The third-order valence-electron chi connectivity index (χ3n) is 6.44. The number of ether oxygens (including phenoxy) is 1. The molecule has 1 nitrogen and oxygen atoms in total. The van der Waals surface area contributed by atoms with Gasteiger partial charge in [-0.3, -0.25) is 0 Å². The van der Waals surface area contributed by atoms with Crippen LogP contribution in [0.4, 0.5) is 17.6 Å². The van der Waals surface area contributed by atoms with Crippen molar-refractivity contribution in [1.29, 1.82) is 0 Å². The Kier molecular flexibility index (Phi) is 8.53. The predicted molar refractivity (Wildman–Crippen MR) is 115 cm³/mol. The minimum atomic E-state index is -3.42. The largest absolute Gasteiger partial charge is 0.383 e. The van der Waals surface area contributed by atoms with Crippen molar-refractivity contribution in [3.05, 3.63) is 70.8 Å². The monoisotopic (exact) mass is 436 g/mol. The number of hydrogen-bond donors (Lipinski definition) is 0. The second kappa shape index (κ2) is 11.1. The summed E-state index contributed by atoms with van der Waals surface area (Å²) in [4.78, 5) is 0. The van der Waals surface area contributed by atoms with Gasteiger partial charge in [0.05, 0.1) is 12.2 Å². The highest BCUT2D eigenvalue weighted by Crippen LogP contribution is 2.39. The minimum Gasteiger partial charge on any atom is -0.316 e. The first kappa shape index (κ1) is 23.8. The summed E-state index contributed by atoms with van der Waals surface area (Å²) >= 11 is 0. The smallest absolute Gasteiger partial charge is 0.316 e. The summed E-state index contributed by atoms with van der Waals surface area (Å²) in [6, 6.07) is 9.84. The summed E-state index contributed by atoms with van der Waals surface area (Å²) in [6.45, 7) is 1.93. The first-order valence-electron chi connectivity index (χ1n) is 11.4. The summed E-state index contributed by atoms with van der Waals surface area (Å²) in [6.07, 6.45) is 6.52. The average molecular weight is 437 g/mol. The molecular weight excluding hydrogens is 404 g/mol. The van der Waals surface area contributed by atoms with Gasteiger partial charge in [-0.15, -0.1) is 0 Å². The first-order chi connectivity index (χ1) is 14.9. The van der Waals surface area contributed by atoms with Crippen molar-refractivity contribution in [1.82, 2.24) is 0 Å². The molecule has 0 heterocycles. The highest BCUT2D eigenvalue weighted by Gasteiger charge is 2.33. The van der Waals surface area contributed by atoms with E-state index in [2.05, 4.69) is 6.92 Å². The Balaban J connectivity index is 1.48. The number of unbranched alkanes of at least 4 members (excludes halogenated alkanes) is 2. The lowest BCUT2D eigenvalue weighted by molar-refractivity contribution is -0.248. The second-order valence-corrected chi connectivity index (χ2v) is 8.70. The third-order valence-corrected chi connectivity index (χ3v) is 6.44. The van der Waals surface area contributed by atoms with Crippen LogP contribution in [0, 0.1) is 17.6 Å². The second-order valence-electron chi connectivity index (χ2n) is 8.70. The van der Waals surface area contributed by atoms with Gasteiger partial charge in [-0.25, -0.2) is 8.78 Å². The van der Waals surface area contributed by atoms with Crippen LogP contribution in [0.2, 0.25) is 0 Å². The predicted octanol–water partition coefficient (Wildman–Crippen LogP) is 8.13. The topological polar surface area (TPSA) is 9.23 Å². The van der Waals surface area contributed by atoms with Crippen molar-refractivity contribution in [3.63, 3.8) is 0 Å². The lowest BCUT2D eigenvalue weighted by Gasteiger charge is -2.29. The zero-order valence-corrected chi connectivity index (χ0v) is 18.2. The molecule has 0 aromatic heterocycles. The molecule has 1 aliphatic carbocycles. The van der Waals surface area contributed by atoms with Crippen LogP contribution in [0.15, 0.2) is 42.5 Å². The molecule has 31 heavy (non-hydrogen) atoms. The van der Waals surface area contributed by atoms with Gasteiger partial charge in [0.2, 0.25) is 0 Å². The van der Waals surface area contributed by atoms with Gasteiger partial charge < -0.3 is 4.74 Å². The maximum absolute atomic E-state index is 14.4. The Morgan fingerprint density at radius 3 is 2.26 bits per heavy atom. The number of hydrogen-bond acceptors (Lipinski definition) is 1. The zero-order valence-electron chi connectivity index (χ0n) is 18.2. The Morgan fingerprint density at radius 1 is 0.903 bits per heavy atom. The van der Waals surface area contributed by atoms with Gasteiger partial charge in [-0.1, -0.05) is 62.9 Å². The van der Waals surface area contributed by atoms with Gasteiger partial charge in [-0.2, -0.15) is 8.78 Å². The summed E-state index contributed by atoms with van der Waals surface area (Å²) in [7, 11) is 0. The number of alkyl halides is 2. The molecule has 0 saturated heterocycles. The van der Waals surface area contributed by atoms with E-state index in [1.165, 1.54) is 56.7 Å². The first-order valence-corrected chi connectivity index (χ1v) is 11.4. The van der Waals surface area contributed by atoms with Crippen LogP contribution in [-0.2, 0) is 17.3 Å². The standard InChI is InChI=1S/C26H32F4O/c1-2-3-4-5-19-6-9-21(10-7-19)22-11-13-23(14-12-22)26(29,30)31-17-16-20-8-15-24(27)25(28)18-20/h8,11-15,18-19,21H,2-7,9-10,16-17H2,1H3/t19-,21-. The van der Waals surface area contributed by atoms with Crippen molar-refractivity contribution in [2.75, 3.05) is 6.61 Å². The Hall–Kier alpha value is -1.88. The molecule has 0 radical (unpaired) electrons. The van der Waals surface area contributed by atoms with Crippen LogP contribution in [0.25, 0.3) is 0 Å². The molecule has 0 atom stereocenters. The Morgan fingerprint density at radius 2 is 1.61 bits per heavy atom. The average Bonchev–Trinajstić information content (AvgIpc) is 2.77. The normalized spacial score (nSPS) is 19.5. The van der Waals surface area contributed by atoms with Crippen molar-refractivity contribution in [3.8, 4) is 0 Å². The van der Waals surface area contributed by atoms with E-state index in [-0.39, 0.29) is 18.6 Å². The number of benzene rings is 2. The van der Waals surface area contributed by atoms with Gasteiger partial charge in [0.1, 0.15) is 0 Å². The van der Waals surface area contributed by atoms with Crippen molar-refractivity contribution >= 4 is 0 Å². The minimum absolute atomic E-state index is 0.0758. The highest BCUT2D eigenvalue weighted by molar-refractivity contribution is 5.27. The van der Waals surface area contributed by atoms with Gasteiger partial charge >= 0.3 is 6.11 Å². The molecule has 1 saturated carbocycles. The van der Waals surface area contributed by atoms with Crippen LogP contribution in [0.3, 0.4) is 0 Å². The molecule has 2 aromatic rings. The summed E-state index contributed by atoms with van der Waals surface area (Å²) in [5.41, 5.74) is 1.35. The summed E-state index contributed by atoms with van der Waals surface area (Å²) in [5, 5.41) is 0. The molecule has 0 N–H and O–H groups in total. The van der Waals surface area contributed by atoms with Gasteiger partial charge in [-0.05, 0) is 67.2 Å². The van der Waals surface area contributed by atoms with Crippen LogP contribution in [-0.4, -0.2) is 6.61 Å². The fourth-order valence-electron chi connectivity index (χ4n) is 4.49. The van der Waals surface area contributed by atoms with Crippen LogP contribution in [0.5, 0.6) is 0 Å². The molecule has 1 fully saturated rings. The molecule has 0 spiro atoms. The maximum atomic E-state index is 14.4. The lowest BCUT2D eigenvalue weighted by Crippen LogP contribution is -2.20. The molecule has 2 aromatic carbocycles.